The van der Waals surface area contributed by atoms with Crippen molar-refractivity contribution in [2.45, 2.75) is 31.9 Å². The number of carbonyl (C=O) groups is 2. The summed E-state index contributed by atoms with van der Waals surface area (Å²) in [7, 11) is 0. The monoisotopic (exact) mass is 477 g/mol. The molecule has 0 aromatic heterocycles. The van der Waals surface area contributed by atoms with Crippen LogP contribution in [0.5, 0.6) is 5.75 Å². The Kier molecular flexibility index (Phi) is 6.10. The number of fused-ring (bicyclic) bond motifs is 1. The van der Waals surface area contributed by atoms with Gasteiger partial charge in [0.15, 0.2) is 5.72 Å². The number of nitrogens with one attached hydrogen (secondary N) is 2. The highest BCUT2D eigenvalue weighted by Gasteiger charge is 2.43. The first kappa shape index (κ1) is 23.2. The molecule has 9 heteroatoms. The fraction of sp³-hybridized carbons (Fsp3) is 0.423. The van der Waals surface area contributed by atoms with Crippen LogP contribution in [0, 0.1) is 5.41 Å². The minimum Gasteiger partial charge on any atom is -0.467 e. The topological polar surface area (TPSA) is 121 Å². The van der Waals surface area contributed by atoms with Crippen LogP contribution in [0.15, 0.2) is 30.3 Å². The summed E-state index contributed by atoms with van der Waals surface area (Å²) in [6.07, 6.45) is 2.84. The number of hydrogen-bond acceptors (Lipinski definition) is 7. The van der Waals surface area contributed by atoms with E-state index in [-0.39, 0.29) is 11.8 Å². The van der Waals surface area contributed by atoms with Crippen LogP contribution in [0.3, 0.4) is 0 Å². The predicted molar refractivity (Wildman–Crippen MR) is 134 cm³/mol. The standard InChI is InChI=1S/C26H31N5O4/c1-2-17-13-18(14-19(16-27)23(17)28)25(33)31-7-5-26(6-8-31)29-24(32)21-15-20(3-4-22(21)35-26)30-9-11-34-12-10-30/h3-4,13-16,27H,2,5-12,28H2,1H3,(H,29,32). The molecule has 0 saturated carbocycles. The van der Waals surface area contributed by atoms with Crippen LogP contribution >= 0.6 is 0 Å². The van der Waals surface area contributed by atoms with Crippen LogP contribution in [0.1, 0.15) is 51.6 Å². The Hall–Kier alpha value is -3.59. The third-order valence-corrected chi connectivity index (χ3v) is 7.17. The molecule has 184 valence electrons. The van der Waals surface area contributed by atoms with Crippen molar-refractivity contribution in [1.82, 2.24) is 10.2 Å². The van der Waals surface area contributed by atoms with Crippen LogP contribution in [0.2, 0.25) is 0 Å². The van der Waals surface area contributed by atoms with Crippen LogP contribution in [-0.2, 0) is 11.2 Å². The predicted octanol–water partition coefficient (Wildman–Crippen LogP) is 2.42. The number of nitrogens with two attached hydrogens (primary N) is 1. The highest BCUT2D eigenvalue weighted by Crippen LogP contribution is 2.36. The van der Waals surface area contributed by atoms with Crippen molar-refractivity contribution in [3.63, 3.8) is 0 Å². The van der Waals surface area contributed by atoms with Crippen molar-refractivity contribution in [1.29, 1.82) is 5.41 Å². The van der Waals surface area contributed by atoms with Crippen LogP contribution < -0.4 is 20.7 Å². The smallest absolute Gasteiger partial charge is 0.258 e. The molecule has 2 amide bonds. The molecule has 2 saturated heterocycles. The molecule has 3 aliphatic rings. The molecule has 35 heavy (non-hydrogen) atoms. The quantitative estimate of drug-likeness (QED) is 0.459. The number of hydrogen-bond donors (Lipinski definition) is 3. The van der Waals surface area contributed by atoms with E-state index in [4.69, 9.17) is 20.6 Å². The van der Waals surface area contributed by atoms with Crippen LogP contribution in [0.4, 0.5) is 11.4 Å². The number of rotatable bonds is 4. The Bertz CT molecular complexity index is 1170. The molecule has 3 aliphatic heterocycles. The van der Waals surface area contributed by atoms with E-state index in [1.807, 2.05) is 31.2 Å². The lowest BCUT2D eigenvalue weighted by Gasteiger charge is -2.44. The summed E-state index contributed by atoms with van der Waals surface area (Å²) in [5, 5.41) is 10.7. The molecule has 0 radical (unpaired) electrons. The van der Waals surface area contributed by atoms with E-state index in [1.165, 1.54) is 6.21 Å². The Morgan fingerprint density at radius 3 is 2.60 bits per heavy atom. The van der Waals surface area contributed by atoms with Gasteiger partial charge in [-0.05, 0) is 42.3 Å². The molecule has 0 aliphatic carbocycles. The first-order valence-electron chi connectivity index (χ1n) is 12.1. The molecule has 5 rings (SSSR count). The van der Waals surface area contributed by atoms with Crippen molar-refractivity contribution in [3.8, 4) is 5.75 Å². The van der Waals surface area contributed by atoms with Crippen molar-refractivity contribution in [3.05, 3.63) is 52.6 Å². The molecular formula is C26H31N5O4. The number of anilines is 2. The Morgan fingerprint density at radius 2 is 1.91 bits per heavy atom. The second-order valence-corrected chi connectivity index (χ2v) is 9.26. The second-order valence-electron chi connectivity index (χ2n) is 9.26. The number of aryl methyl sites for hydroxylation is 1. The lowest BCUT2D eigenvalue weighted by molar-refractivity contribution is -0.0245. The lowest BCUT2D eigenvalue weighted by Crippen LogP contribution is -2.61. The summed E-state index contributed by atoms with van der Waals surface area (Å²) >= 11 is 0. The molecule has 2 fully saturated rings. The fourth-order valence-electron chi connectivity index (χ4n) is 5.07. The number of benzene rings is 2. The van der Waals surface area contributed by atoms with Gasteiger partial charge in [0.2, 0.25) is 0 Å². The van der Waals surface area contributed by atoms with E-state index in [0.717, 1.165) is 24.3 Å². The molecule has 2 aromatic rings. The molecule has 0 unspecified atom stereocenters. The average molecular weight is 478 g/mol. The SMILES string of the molecule is CCc1cc(C(=O)N2CCC3(CC2)NC(=O)c2cc(N4CCOCC4)ccc2O3)cc(C=N)c1N. The summed E-state index contributed by atoms with van der Waals surface area (Å²) in [5.41, 5.74) is 9.29. The zero-order valence-electron chi connectivity index (χ0n) is 19.9. The number of likely N-dealkylation sites (tertiary alicyclic amines) is 1. The molecular weight excluding hydrogens is 446 g/mol. The van der Waals surface area contributed by atoms with Gasteiger partial charge < -0.3 is 35.7 Å². The first-order valence-corrected chi connectivity index (χ1v) is 12.1. The van der Waals surface area contributed by atoms with E-state index in [9.17, 15) is 9.59 Å². The van der Waals surface area contributed by atoms with E-state index < -0.39 is 5.72 Å². The number of nitrogen functional groups attached to an aromatic ring is 1. The largest absolute Gasteiger partial charge is 0.467 e. The Labute approximate surface area is 204 Å². The zero-order chi connectivity index (χ0) is 24.6. The molecule has 1 spiro atoms. The molecule has 0 atom stereocenters. The van der Waals surface area contributed by atoms with Crippen molar-refractivity contribution >= 4 is 29.4 Å². The number of amides is 2. The first-order chi connectivity index (χ1) is 16.9. The summed E-state index contributed by atoms with van der Waals surface area (Å²) in [4.78, 5) is 30.3. The van der Waals surface area contributed by atoms with Gasteiger partial charge >= 0.3 is 0 Å². The summed E-state index contributed by atoms with van der Waals surface area (Å²) in [6, 6.07) is 9.24. The molecule has 2 aromatic carbocycles. The van der Waals surface area contributed by atoms with Gasteiger partial charge in [0.25, 0.3) is 11.8 Å². The maximum absolute atomic E-state index is 13.2. The highest BCUT2D eigenvalue weighted by atomic mass is 16.5. The summed E-state index contributed by atoms with van der Waals surface area (Å²) in [6.45, 7) is 5.82. The van der Waals surface area contributed by atoms with E-state index in [1.54, 1.807) is 11.0 Å². The lowest BCUT2D eigenvalue weighted by atomic mass is 9.95. The van der Waals surface area contributed by atoms with E-state index in [2.05, 4.69) is 10.2 Å². The second kappa shape index (κ2) is 9.22. The minimum atomic E-state index is -0.822. The highest BCUT2D eigenvalue weighted by molar-refractivity contribution is 6.00. The molecule has 3 heterocycles. The zero-order valence-corrected chi connectivity index (χ0v) is 19.9. The van der Waals surface area contributed by atoms with Crippen molar-refractivity contribution in [2.24, 2.45) is 0 Å². The van der Waals surface area contributed by atoms with Gasteiger partial charge in [-0.1, -0.05) is 6.92 Å². The maximum Gasteiger partial charge on any atom is 0.258 e. The van der Waals surface area contributed by atoms with Gasteiger partial charge in [0, 0.05) is 67.7 Å². The van der Waals surface area contributed by atoms with Crippen LogP contribution in [0.25, 0.3) is 0 Å². The number of ether oxygens (including phenoxy) is 2. The van der Waals surface area contributed by atoms with Gasteiger partial charge in [-0.25, -0.2) is 0 Å². The molecule has 4 N–H and O–H groups in total. The van der Waals surface area contributed by atoms with Crippen molar-refractivity contribution in [2.75, 3.05) is 50.0 Å². The van der Waals surface area contributed by atoms with Gasteiger partial charge in [-0.2, -0.15) is 0 Å². The van der Waals surface area contributed by atoms with Gasteiger partial charge in [-0.3, -0.25) is 9.59 Å². The van der Waals surface area contributed by atoms with E-state index in [0.29, 0.717) is 73.7 Å². The third kappa shape index (κ3) is 4.32. The van der Waals surface area contributed by atoms with Gasteiger partial charge in [0.1, 0.15) is 5.75 Å². The molecule has 9 nitrogen and oxygen atoms in total. The van der Waals surface area contributed by atoms with Crippen LogP contribution in [-0.4, -0.2) is 68.0 Å². The van der Waals surface area contributed by atoms with Crippen molar-refractivity contribution < 1.29 is 19.1 Å². The van der Waals surface area contributed by atoms with E-state index >= 15 is 0 Å². The number of nitrogens with zero attached hydrogens (tertiary/aromatic N) is 2. The Balaban J connectivity index is 1.29. The normalized spacial score (nSPS) is 19.1. The third-order valence-electron chi connectivity index (χ3n) is 7.17. The van der Waals surface area contributed by atoms with Gasteiger partial charge in [0.05, 0.1) is 18.8 Å². The maximum atomic E-state index is 13.2. The number of carbonyl (C=O) groups excluding carboxylic acids is 2. The summed E-state index contributed by atoms with van der Waals surface area (Å²) in [5.74, 6) is 0.325. The summed E-state index contributed by atoms with van der Waals surface area (Å²) < 4.78 is 11.8. The number of morpholine rings is 1. The molecule has 0 bridgehead atoms. The number of piperidine rings is 1. The van der Waals surface area contributed by atoms with Gasteiger partial charge in [-0.15, -0.1) is 0 Å². The minimum absolute atomic E-state index is 0.102. The Morgan fingerprint density at radius 1 is 1.17 bits per heavy atom. The average Bonchev–Trinajstić information content (AvgIpc) is 2.89. The fourth-order valence-corrected chi connectivity index (χ4v) is 5.07.